The first-order chi connectivity index (χ1) is 7.31. The first kappa shape index (κ1) is 15.1. The van der Waals surface area contributed by atoms with E-state index in [2.05, 4.69) is 10.1 Å². The first-order valence-electron chi connectivity index (χ1n) is 4.51. The highest BCUT2D eigenvalue weighted by Gasteiger charge is 2.41. The first-order valence-corrected chi connectivity index (χ1v) is 4.51. The second-order valence-corrected chi connectivity index (χ2v) is 3.03. The van der Waals surface area contributed by atoms with Crippen LogP contribution in [0.3, 0.4) is 0 Å². The Morgan fingerprint density at radius 3 is 2.44 bits per heavy atom. The standard InChI is InChI=1S/C8H13F4NO3/c1-2-13-5(6(14)15)3-16-4-8(11,12)7(9)10/h5,7,13H,2-4H2,1H3,(H,14,15). The van der Waals surface area contributed by atoms with Crippen LogP contribution in [0.1, 0.15) is 6.92 Å². The molecule has 4 nitrogen and oxygen atoms in total. The lowest BCUT2D eigenvalue weighted by molar-refractivity contribution is -0.169. The molecule has 0 aromatic heterocycles. The molecule has 0 bridgehead atoms. The van der Waals surface area contributed by atoms with E-state index >= 15 is 0 Å². The molecule has 0 fully saturated rings. The number of likely N-dealkylation sites (N-methyl/N-ethyl adjacent to an activating group) is 1. The zero-order chi connectivity index (χ0) is 12.8. The van der Waals surface area contributed by atoms with Crippen molar-refractivity contribution >= 4 is 5.97 Å². The van der Waals surface area contributed by atoms with Crippen LogP contribution in [-0.4, -0.2) is 49.2 Å². The molecule has 0 saturated heterocycles. The summed E-state index contributed by atoms with van der Waals surface area (Å²) in [5, 5.41) is 11.0. The molecule has 96 valence electrons. The van der Waals surface area contributed by atoms with E-state index in [9.17, 15) is 22.4 Å². The molecule has 0 spiro atoms. The lowest BCUT2D eigenvalue weighted by Crippen LogP contribution is -2.42. The molecule has 0 radical (unpaired) electrons. The van der Waals surface area contributed by atoms with Gasteiger partial charge >= 0.3 is 18.3 Å². The van der Waals surface area contributed by atoms with Crippen LogP contribution in [0.5, 0.6) is 0 Å². The Morgan fingerprint density at radius 2 is 2.06 bits per heavy atom. The molecule has 0 aliphatic carbocycles. The molecule has 0 aliphatic heterocycles. The van der Waals surface area contributed by atoms with Crippen LogP contribution in [0, 0.1) is 0 Å². The fourth-order valence-electron chi connectivity index (χ4n) is 0.840. The monoisotopic (exact) mass is 247 g/mol. The van der Waals surface area contributed by atoms with Crippen LogP contribution >= 0.6 is 0 Å². The zero-order valence-electron chi connectivity index (χ0n) is 8.55. The third kappa shape index (κ3) is 5.26. The highest BCUT2D eigenvalue weighted by atomic mass is 19.3. The van der Waals surface area contributed by atoms with Crippen molar-refractivity contribution in [1.82, 2.24) is 5.32 Å². The van der Waals surface area contributed by atoms with Crippen LogP contribution in [-0.2, 0) is 9.53 Å². The fraction of sp³-hybridized carbons (Fsp3) is 0.875. The minimum absolute atomic E-state index is 0.297. The van der Waals surface area contributed by atoms with Gasteiger partial charge in [-0.05, 0) is 6.54 Å². The van der Waals surface area contributed by atoms with Gasteiger partial charge in [-0.2, -0.15) is 8.78 Å². The lowest BCUT2D eigenvalue weighted by atomic mass is 10.3. The van der Waals surface area contributed by atoms with Crippen molar-refractivity contribution in [1.29, 1.82) is 0 Å². The van der Waals surface area contributed by atoms with Crippen molar-refractivity contribution in [3.8, 4) is 0 Å². The predicted molar refractivity (Wildman–Crippen MR) is 46.9 cm³/mol. The third-order valence-electron chi connectivity index (χ3n) is 1.65. The van der Waals surface area contributed by atoms with E-state index in [1.165, 1.54) is 0 Å². The number of ether oxygens (including phenoxy) is 1. The Hall–Kier alpha value is -0.890. The van der Waals surface area contributed by atoms with Crippen LogP contribution in [0.4, 0.5) is 17.6 Å². The number of carboxylic acid groups (broad SMARTS) is 1. The van der Waals surface area contributed by atoms with Gasteiger partial charge in [0.1, 0.15) is 12.6 Å². The Balaban J connectivity index is 3.99. The molecule has 0 rings (SSSR count). The summed E-state index contributed by atoms with van der Waals surface area (Å²) in [6.45, 7) is -0.180. The number of rotatable bonds is 8. The smallest absolute Gasteiger partial charge is 0.330 e. The average Bonchev–Trinajstić information content (AvgIpc) is 2.15. The van der Waals surface area contributed by atoms with Gasteiger partial charge in [0.25, 0.3) is 0 Å². The van der Waals surface area contributed by atoms with E-state index in [0.29, 0.717) is 6.54 Å². The van der Waals surface area contributed by atoms with Crippen molar-refractivity contribution in [2.24, 2.45) is 0 Å². The Morgan fingerprint density at radius 1 is 1.50 bits per heavy atom. The van der Waals surface area contributed by atoms with Crippen molar-refractivity contribution < 1.29 is 32.2 Å². The molecule has 1 unspecified atom stereocenters. The number of aliphatic carboxylic acids is 1. The van der Waals surface area contributed by atoms with E-state index in [0.717, 1.165) is 0 Å². The summed E-state index contributed by atoms with van der Waals surface area (Å²) in [6, 6.07) is -1.18. The summed E-state index contributed by atoms with van der Waals surface area (Å²) in [5.74, 6) is -5.54. The molecule has 0 saturated carbocycles. The molecule has 0 amide bonds. The van der Waals surface area contributed by atoms with Gasteiger partial charge in [0.15, 0.2) is 0 Å². The molecule has 16 heavy (non-hydrogen) atoms. The topological polar surface area (TPSA) is 58.6 Å². The van der Waals surface area contributed by atoms with Gasteiger partial charge in [0.05, 0.1) is 6.61 Å². The summed E-state index contributed by atoms with van der Waals surface area (Å²) in [6.07, 6.45) is -3.82. The van der Waals surface area contributed by atoms with Crippen molar-refractivity contribution in [3.05, 3.63) is 0 Å². The highest BCUT2D eigenvalue weighted by Crippen LogP contribution is 2.22. The zero-order valence-corrected chi connectivity index (χ0v) is 8.55. The van der Waals surface area contributed by atoms with Gasteiger partial charge in [0.2, 0.25) is 0 Å². The number of carboxylic acids is 1. The normalized spacial score (nSPS) is 14.1. The van der Waals surface area contributed by atoms with Gasteiger partial charge in [-0.15, -0.1) is 0 Å². The molecular formula is C8H13F4NO3. The molecule has 1 atom stereocenters. The second-order valence-electron chi connectivity index (χ2n) is 3.03. The maximum Gasteiger partial charge on any atom is 0.330 e. The number of alkyl halides is 4. The second kappa shape index (κ2) is 6.64. The van der Waals surface area contributed by atoms with Crippen LogP contribution in [0.15, 0.2) is 0 Å². The minimum atomic E-state index is -4.25. The van der Waals surface area contributed by atoms with Gasteiger partial charge in [-0.1, -0.05) is 6.92 Å². The van der Waals surface area contributed by atoms with E-state index in [1.54, 1.807) is 6.92 Å². The number of halogens is 4. The summed E-state index contributed by atoms with van der Waals surface area (Å²) < 4.78 is 52.3. The Bertz CT molecular complexity index is 225. The number of hydrogen-bond acceptors (Lipinski definition) is 3. The largest absolute Gasteiger partial charge is 0.480 e. The molecule has 2 N–H and O–H groups in total. The third-order valence-corrected chi connectivity index (χ3v) is 1.65. The molecular weight excluding hydrogens is 234 g/mol. The van der Waals surface area contributed by atoms with Crippen LogP contribution in [0.2, 0.25) is 0 Å². The van der Waals surface area contributed by atoms with E-state index < -0.39 is 37.6 Å². The van der Waals surface area contributed by atoms with E-state index in [1.807, 2.05) is 0 Å². The van der Waals surface area contributed by atoms with Gasteiger partial charge in [-0.25, -0.2) is 8.78 Å². The Kier molecular flexibility index (Phi) is 6.27. The number of hydrogen-bond donors (Lipinski definition) is 2. The fourth-order valence-corrected chi connectivity index (χ4v) is 0.840. The molecule has 0 aromatic rings. The summed E-state index contributed by atoms with van der Waals surface area (Å²) in [7, 11) is 0. The van der Waals surface area contributed by atoms with Gasteiger partial charge in [-0.3, -0.25) is 4.79 Å². The van der Waals surface area contributed by atoms with Crippen molar-refractivity contribution in [2.75, 3.05) is 19.8 Å². The molecule has 0 heterocycles. The van der Waals surface area contributed by atoms with Crippen molar-refractivity contribution in [3.63, 3.8) is 0 Å². The molecule has 0 aliphatic rings. The number of nitrogens with one attached hydrogen (secondary N) is 1. The minimum Gasteiger partial charge on any atom is -0.480 e. The van der Waals surface area contributed by atoms with E-state index in [-0.39, 0.29) is 0 Å². The van der Waals surface area contributed by atoms with Crippen LogP contribution in [0.25, 0.3) is 0 Å². The van der Waals surface area contributed by atoms with Crippen molar-refractivity contribution in [2.45, 2.75) is 25.3 Å². The SMILES string of the molecule is CCNC(COCC(F)(F)C(F)F)C(=O)O. The highest BCUT2D eigenvalue weighted by molar-refractivity contribution is 5.73. The molecule has 0 aromatic carbocycles. The quantitative estimate of drug-likeness (QED) is 0.627. The summed E-state index contributed by atoms with van der Waals surface area (Å²) >= 11 is 0. The lowest BCUT2D eigenvalue weighted by Gasteiger charge is -2.17. The summed E-state index contributed by atoms with van der Waals surface area (Å²) in [5.41, 5.74) is 0. The van der Waals surface area contributed by atoms with Crippen LogP contribution < -0.4 is 5.32 Å². The summed E-state index contributed by atoms with van der Waals surface area (Å²) in [4.78, 5) is 10.5. The van der Waals surface area contributed by atoms with Gasteiger partial charge in [0, 0.05) is 0 Å². The van der Waals surface area contributed by atoms with Gasteiger partial charge < -0.3 is 15.2 Å². The average molecular weight is 247 g/mol. The number of carbonyl (C=O) groups is 1. The predicted octanol–water partition coefficient (Wildman–Crippen LogP) is 0.966. The van der Waals surface area contributed by atoms with E-state index in [4.69, 9.17) is 5.11 Å². The maximum absolute atomic E-state index is 12.3. The molecule has 8 heteroatoms. The maximum atomic E-state index is 12.3. The Labute approximate surface area is 89.6 Å².